The molecule has 18 heavy (non-hydrogen) atoms. The first-order valence-electron chi connectivity index (χ1n) is 6.03. The fourth-order valence-electron chi connectivity index (χ4n) is 1.98. The summed E-state index contributed by atoms with van der Waals surface area (Å²) in [6, 6.07) is 7.24. The van der Waals surface area contributed by atoms with Crippen LogP contribution in [0.3, 0.4) is 0 Å². The van der Waals surface area contributed by atoms with E-state index in [0.717, 1.165) is 23.7 Å². The van der Waals surface area contributed by atoms with Gasteiger partial charge in [-0.2, -0.15) is 0 Å². The Morgan fingerprint density at radius 2 is 1.78 bits per heavy atom. The van der Waals surface area contributed by atoms with E-state index in [1.54, 1.807) is 11.0 Å². The Hall–Kier alpha value is -1.36. The maximum Gasteiger partial charge on any atom is 0.313 e. The van der Waals surface area contributed by atoms with Crippen LogP contribution in [0, 0.1) is 0 Å². The molecule has 1 N–H and O–H groups in total. The number of hydrogen-bond donors (Lipinski definition) is 1. The quantitative estimate of drug-likeness (QED) is 0.810. The van der Waals surface area contributed by atoms with E-state index in [9.17, 15) is 9.59 Å². The Morgan fingerprint density at radius 3 is 2.44 bits per heavy atom. The van der Waals surface area contributed by atoms with Crippen molar-refractivity contribution in [3.05, 3.63) is 28.7 Å². The molecule has 0 radical (unpaired) electrons. The summed E-state index contributed by atoms with van der Waals surface area (Å²) >= 11 is 3.33. The van der Waals surface area contributed by atoms with Crippen molar-refractivity contribution in [1.29, 1.82) is 0 Å². The van der Waals surface area contributed by atoms with E-state index in [-0.39, 0.29) is 0 Å². The number of nitrogens with zero attached hydrogens (tertiary/aromatic N) is 1. The summed E-state index contributed by atoms with van der Waals surface area (Å²) in [4.78, 5) is 25.4. The molecule has 0 saturated carbocycles. The van der Waals surface area contributed by atoms with E-state index in [2.05, 4.69) is 21.2 Å². The van der Waals surface area contributed by atoms with Gasteiger partial charge >= 0.3 is 11.8 Å². The fourth-order valence-corrected chi connectivity index (χ4v) is 2.36. The van der Waals surface area contributed by atoms with Gasteiger partial charge in [-0.05, 0) is 47.3 Å². The summed E-state index contributed by atoms with van der Waals surface area (Å²) in [6.07, 6.45) is 3.09. The smallest absolute Gasteiger partial charge is 0.313 e. The normalized spacial score (nSPS) is 15.3. The predicted octanol–water partition coefficient (Wildman–Crippen LogP) is 2.40. The first kappa shape index (κ1) is 13.1. The molecule has 1 heterocycles. The molecule has 1 aliphatic rings. The lowest BCUT2D eigenvalue weighted by atomic mass is 10.1. The highest BCUT2D eigenvalue weighted by atomic mass is 79.9. The maximum atomic E-state index is 11.9. The Morgan fingerprint density at radius 1 is 1.11 bits per heavy atom. The van der Waals surface area contributed by atoms with Crippen LogP contribution in [0.4, 0.5) is 5.69 Å². The minimum Gasteiger partial charge on any atom is -0.334 e. The van der Waals surface area contributed by atoms with Crippen molar-refractivity contribution in [2.24, 2.45) is 0 Å². The van der Waals surface area contributed by atoms with Crippen molar-refractivity contribution in [3.63, 3.8) is 0 Å². The average molecular weight is 311 g/mol. The van der Waals surface area contributed by atoms with Crippen molar-refractivity contribution < 1.29 is 9.59 Å². The molecule has 2 rings (SSSR count). The third kappa shape index (κ3) is 3.10. The maximum absolute atomic E-state index is 11.9. The molecule has 0 spiro atoms. The molecule has 0 bridgehead atoms. The highest BCUT2D eigenvalue weighted by Gasteiger charge is 2.23. The molecule has 0 atom stereocenters. The monoisotopic (exact) mass is 310 g/mol. The van der Waals surface area contributed by atoms with Crippen LogP contribution in [0.1, 0.15) is 19.3 Å². The lowest BCUT2D eigenvalue weighted by molar-refractivity contribution is -0.143. The molecule has 4 nitrogen and oxygen atoms in total. The van der Waals surface area contributed by atoms with E-state index in [1.807, 2.05) is 18.2 Å². The van der Waals surface area contributed by atoms with Gasteiger partial charge < -0.3 is 10.2 Å². The van der Waals surface area contributed by atoms with Crippen molar-refractivity contribution in [1.82, 2.24) is 4.90 Å². The molecule has 0 aromatic heterocycles. The third-order valence-corrected chi connectivity index (χ3v) is 3.65. The van der Waals surface area contributed by atoms with Crippen LogP contribution in [0.5, 0.6) is 0 Å². The zero-order chi connectivity index (χ0) is 13.0. The molecule has 1 aliphatic heterocycles. The van der Waals surface area contributed by atoms with Gasteiger partial charge in [0.05, 0.1) is 5.69 Å². The van der Waals surface area contributed by atoms with E-state index in [0.29, 0.717) is 18.8 Å². The third-order valence-electron chi connectivity index (χ3n) is 2.96. The molecule has 96 valence electrons. The Bertz CT molecular complexity index is 456. The van der Waals surface area contributed by atoms with Crippen molar-refractivity contribution in [2.45, 2.75) is 19.3 Å². The van der Waals surface area contributed by atoms with E-state index < -0.39 is 11.8 Å². The van der Waals surface area contributed by atoms with Crippen molar-refractivity contribution in [3.8, 4) is 0 Å². The molecular weight excluding hydrogens is 296 g/mol. The van der Waals surface area contributed by atoms with E-state index in [4.69, 9.17) is 0 Å². The van der Waals surface area contributed by atoms with Crippen LogP contribution in [-0.4, -0.2) is 29.8 Å². The molecule has 1 aromatic carbocycles. The average Bonchev–Trinajstić information content (AvgIpc) is 2.41. The highest BCUT2D eigenvalue weighted by Crippen LogP contribution is 2.21. The molecule has 5 heteroatoms. The summed E-state index contributed by atoms with van der Waals surface area (Å²) in [5.41, 5.74) is 0.618. The van der Waals surface area contributed by atoms with Gasteiger partial charge in [-0.1, -0.05) is 12.1 Å². The van der Waals surface area contributed by atoms with Gasteiger partial charge in [-0.25, -0.2) is 0 Å². The number of piperidine rings is 1. The van der Waals surface area contributed by atoms with Gasteiger partial charge in [0.2, 0.25) is 0 Å². The van der Waals surface area contributed by atoms with Gasteiger partial charge in [0, 0.05) is 17.6 Å². The first-order chi connectivity index (χ1) is 8.68. The van der Waals surface area contributed by atoms with Crippen molar-refractivity contribution in [2.75, 3.05) is 18.4 Å². The summed E-state index contributed by atoms with van der Waals surface area (Å²) < 4.78 is 0.768. The number of amides is 2. The highest BCUT2D eigenvalue weighted by molar-refractivity contribution is 9.10. The first-order valence-corrected chi connectivity index (χ1v) is 6.82. The van der Waals surface area contributed by atoms with Crippen molar-refractivity contribution >= 4 is 33.4 Å². The number of para-hydroxylation sites is 1. The number of hydrogen-bond acceptors (Lipinski definition) is 2. The SMILES string of the molecule is O=C(Nc1ccccc1Br)C(=O)N1CCCCC1. The molecule has 1 fully saturated rings. The number of nitrogens with one attached hydrogen (secondary N) is 1. The largest absolute Gasteiger partial charge is 0.334 e. The van der Waals surface area contributed by atoms with E-state index >= 15 is 0 Å². The number of benzene rings is 1. The predicted molar refractivity (Wildman–Crippen MR) is 73.2 cm³/mol. The lowest BCUT2D eigenvalue weighted by Gasteiger charge is -2.25. The topological polar surface area (TPSA) is 49.4 Å². The van der Waals surface area contributed by atoms with Gasteiger partial charge in [-0.15, -0.1) is 0 Å². The van der Waals surface area contributed by atoms with Gasteiger partial charge in [-0.3, -0.25) is 9.59 Å². The van der Waals surface area contributed by atoms with Gasteiger partial charge in [0.15, 0.2) is 0 Å². The summed E-state index contributed by atoms with van der Waals surface area (Å²) in [6.45, 7) is 1.37. The number of halogens is 1. The minimum atomic E-state index is -0.566. The number of anilines is 1. The number of likely N-dealkylation sites (tertiary alicyclic amines) is 1. The molecule has 0 unspecified atom stereocenters. The molecule has 2 amide bonds. The summed E-state index contributed by atoms with van der Waals surface area (Å²) in [5, 5.41) is 2.63. The van der Waals surface area contributed by atoms with Crippen LogP contribution in [0.15, 0.2) is 28.7 Å². The zero-order valence-corrected chi connectivity index (χ0v) is 11.6. The van der Waals surface area contributed by atoms with Crippen LogP contribution in [0.2, 0.25) is 0 Å². The summed E-state index contributed by atoms with van der Waals surface area (Å²) in [7, 11) is 0. The Balaban J connectivity index is 1.99. The molecular formula is C13H15BrN2O2. The Kier molecular flexibility index (Phi) is 4.36. The lowest BCUT2D eigenvalue weighted by Crippen LogP contribution is -2.42. The standard InChI is InChI=1S/C13H15BrN2O2/c14-10-6-2-3-7-11(10)15-12(17)13(18)16-8-4-1-5-9-16/h2-3,6-7H,1,4-5,8-9H2,(H,15,17). The van der Waals surface area contributed by atoms with Crippen LogP contribution < -0.4 is 5.32 Å². The second-order valence-corrected chi connectivity index (χ2v) is 5.14. The number of carbonyl (C=O) groups excluding carboxylic acids is 2. The van der Waals surface area contributed by atoms with Crippen LogP contribution >= 0.6 is 15.9 Å². The molecule has 0 aliphatic carbocycles. The second-order valence-electron chi connectivity index (χ2n) is 4.29. The molecule has 1 saturated heterocycles. The van der Waals surface area contributed by atoms with Crippen LogP contribution in [-0.2, 0) is 9.59 Å². The number of carbonyl (C=O) groups is 2. The van der Waals surface area contributed by atoms with Gasteiger partial charge in [0.1, 0.15) is 0 Å². The van der Waals surface area contributed by atoms with Crippen LogP contribution in [0.25, 0.3) is 0 Å². The minimum absolute atomic E-state index is 0.439. The Labute approximate surface area is 114 Å². The van der Waals surface area contributed by atoms with Gasteiger partial charge in [0.25, 0.3) is 0 Å². The van der Waals surface area contributed by atoms with E-state index in [1.165, 1.54) is 0 Å². The zero-order valence-electron chi connectivity index (χ0n) is 9.99. The molecule has 1 aromatic rings. The summed E-state index contributed by atoms with van der Waals surface area (Å²) in [5.74, 6) is -1.01. The number of rotatable bonds is 1. The fraction of sp³-hybridized carbons (Fsp3) is 0.385. The second kappa shape index (κ2) is 6.00.